The van der Waals surface area contributed by atoms with Gasteiger partial charge in [0, 0.05) is 19.1 Å². The van der Waals surface area contributed by atoms with Crippen LogP contribution >= 0.6 is 38.5 Å². The molecule has 0 aliphatic rings. The molecule has 3 heteroatoms. The number of pyridine rings is 1. The molecule has 15 heavy (non-hydrogen) atoms. The molecule has 2 aromatic rings. The van der Waals surface area contributed by atoms with Crippen molar-refractivity contribution in [3.8, 4) is 0 Å². The van der Waals surface area contributed by atoms with Crippen molar-refractivity contribution in [1.29, 1.82) is 0 Å². The zero-order valence-corrected chi connectivity index (χ0v) is 12.4. The molecule has 0 bridgehead atoms. The molecule has 1 heterocycles. The predicted molar refractivity (Wildman–Crippen MR) is 76.3 cm³/mol. The Bertz CT molecular complexity index is 523. The molecule has 0 aliphatic heterocycles. The molecular formula is C12H11BrIN. The van der Waals surface area contributed by atoms with Crippen LogP contribution in [0.1, 0.15) is 18.2 Å². The van der Waals surface area contributed by atoms with E-state index in [1.807, 2.05) is 6.92 Å². The fourth-order valence-electron chi connectivity index (χ4n) is 1.73. The minimum absolute atomic E-state index is 1.05. The van der Waals surface area contributed by atoms with Crippen molar-refractivity contribution in [2.75, 3.05) is 0 Å². The van der Waals surface area contributed by atoms with Gasteiger partial charge in [0.2, 0.25) is 0 Å². The Morgan fingerprint density at radius 1 is 1.33 bits per heavy atom. The standard InChI is InChI=1S/C12H11BrIN/c1-3-8-4-7(2)15-12-6-11(14)10(13)5-9(8)12/h4-6H,3H2,1-2H3. The number of aromatic nitrogens is 1. The summed E-state index contributed by atoms with van der Waals surface area (Å²) in [5.41, 5.74) is 3.56. The second kappa shape index (κ2) is 4.37. The molecule has 1 nitrogen and oxygen atoms in total. The van der Waals surface area contributed by atoms with E-state index in [4.69, 9.17) is 0 Å². The molecule has 0 atom stereocenters. The van der Waals surface area contributed by atoms with Crippen LogP contribution in [0.5, 0.6) is 0 Å². The summed E-state index contributed by atoms with van der Waals surface area (Å²) in [6.07, 6.45) is 1.05. The average Bonchev–Trinajstić information content (AvgIpc) is 2.19. The van der Waals surface area contributed by atoms with Crippen LogP contribution in [-0.4, -0.2) is 4.98 Å². The fraction of sp³-hybridized carbons (Fsp3) is 0.250. The van der Waals surface area contributed by atoms with Crippen molar-refractivity contribution in [1.82, 2.24) is 4.98 Å². The molecule has 0 amide bonds. The van der Waals surface area contributed by atoms with Gasteiger partial charge in [-0.2, -0.15) is 0 Å². The lowest BCUT2D eigenvalue weighted by Gasteiger charge is -2.07. The Hall–Kier alpha value is -0.160. The van der Waals surface area contributed by atoms with Gasteiger partial charge >= 0.3 is 0 Å². The lowest BCUT2D eigenvalue weighted by Crippen LogP contribution is -1.91. The number of hydrogen-bond donors (Lipinski definition) is 0. The Balaban J connectivity index is 2.84. The third kappa shape index (κ3) is 2.18. The van der Waals surface area contributed by atoms with Crippen molar-refractivity contribution < 1.29 is 0 Å². The smallest absolute Gasteiger partial charge is 0.0719 e. The monoisotopic (exact) mass is 375 g/mol. The second-order valence-corrected chi connectivity index (χ2v) is 5.58. The number of fused-ring (bicyclic) bond motifs is 1. The van der Waals surface area contributed by atoms with E-state index in [-0.39, 0.29) is 0 Å². The SMILES string of the molecule is CCc1cc(C)nc2cc(I)c(Br)cc12. The van der Waals surface area contributed by atoms with Crippen molar-refractivity contribution in [3.63, 3.8) is 0 Å². The number of aryl methyl sites for hydroxylation is 2. The summed E-state index contributed by atoms with van der Waals surface area (Å²) >= 11 is 5.88. The van der Waals surface area contributed by atoms with Gasteiger partial charge in [0.1, 0.15) is 0 Å². The van der Waals surface area contributed by atoms with Crippen LogP contribution in [0.3, 0.4) is 0 Å². The number of hydrogen-bond acceptors (Lipinski definition) is 1. The highest BCUT2D eigenvalue weighted by molar-refractivity contribution is 14.1. The zero-order chi connectivity index (χ0) is 11.0. The Labute approximate surface area is 112 Å². The summed E-state index contributed by atoms with van der Waals surface area (Å²) in [5.74, 6) is 0. The Morgan fingerprint density at radius 2 is 2.07 bits per heavy atom. The maximum Gasteiger partial charge on any atom is 0.0719 e. The highest BCUT2D eigenvalue weighted by Gasteiger charge is 2.05. The number of rotatable bonds is 1. The Morgan fingerprint density at radius 3 is 2.73 bits per heavy atom. The quantitative estimate of drug-likeness (QED) is 0.670. The van der Waals surface area contributed by atoms with Gasteiger partial charge in [-0.3, -0.25) is 4.98 Å². The third-order valence-electron chi connectivity index (χ3n) is 2.45. The number of benzene rings is 1. The van der Waals surface area contributed by atoms with Crippen LogP contribution in [0.4, 0.5) is 0 Å². The summed E-state index contributed by atoms with van der Waals surface area (Å²) in [6, 6.07) is 6.47. The first-order chi connectivity index (χ1) is 7.11. The fourth-order valence-corrected chi connectivity index (χ4v) is 2.52. The van der Waals surface area contributed by atoms with E-state index in [2.05, 4.69) is 68.6 Å². The van der Waals surface area contributed by atoms with Gasteiger partial charge in [-0.1, -0.05) is 6.92 Å². The summed E-state index contributed by atoms with van der Waals surface area (Å²) in [7, 11) is 0. The normalized spacial score (nSPS) is 10.9. The molecule has 1 aromatic carbocycles. The highest BCUT2D eigenvalue weighted by atomic mass is 127. The van der Waals surface area contributed by atoms with Gasteiger partial charge < -0.3 is 0 Å². The molecule has 0 unspecified atom stereocenters. The van der Waals surface area contributed by atoms with Gasteiger partial charge in [0.15, 0.2) is 0 Å². The molecular weight excluding hydrogens is 365 g/mol. The van der Waals surface area contributed by atoms with Crippen LogP contribution in [0.15, 0.2) is 22.7 Å². The minimum Gasteiger partial charge on any atom is -0.253 e. The number of halogens is 2. The molecule has 0 saturated carbocycles. The molecule has 0 N–H and O–H groups in total. The second-order valence-electron chi connectivity index (χ2n) is 3.56. The summed E-state index contributed by atoms with van der Waals surface area (Å²) in [6.45, 7) is 4.23. The summed E-state index contributed by atoms with van der Waals surface area (Å²) in [5, 5.41) is 1.26. The van der Waals surface area contributed by atoms with Gasteiger partial charge in [-0.05, 0) is 75.6 Å². The van der Waals surface area contributed by atoms with Crippen molar-refractivity contribution in [3.05, 3.63) is 37.5 Å². The topological polar surface area (TPSA) is 12.9 Å². The molecule has 0 spiro atoms. The molecule has 0 aliphatic carbocycles. The predicted octanol–water partition coefficient (Wildman–Crippen LogP) is 4.47. The molecule has 0 radical (unpaired) electrons. The molecule has 78 valence electrons. The Kier molecular flexibility index (Phi) is 3.30. The van der Waals surface area contributed by atoms with Crippen LogP contribution in [0.2, 0.25) is 0 Å². The highest BCUT2D eigenvalue weighted by Crippen LogP contribution is 2.27. The first-order valence-electron chi connectivity index (χ1n) is 4.87. The lowest BCUT2D eigenvalue weighted by atomic mass is 10.1. The van der Waals surface area contributed by atoms with E-state index < -0.39 is 0 Å². The number of nitrogens with zero attached hydrogens (tertiary/aromatic N) is 1. The van der Waals surface area contributed by atoms with E-state index in [1.165, 1.54) is 14.5 Å². The van der Waals surface area contributed by atoms with Crippen LogP contribution in [-0.2, 0) is 6.42 Å². The van der Waals surface area contributed by atoms with Gasteiger partial charge in [-0.25, -0.2) is 0 Å². The molecule has 0 saturated heterocycles. The lowest BCUT2D eigenvalue weighted by molar-refractivity contribution is 1.12. The summed E-state index contributed by atoms with van der Waals surface area (Å²) < 4.78 is 2.36. The van der Waals surface area contributed by atoms with Crippen molar-refractivity contribution >= 4 is 49.4 Å². The van der Waals surface area contributed by atoms with E-state index >= 15 is 0 Å². The molecule has 0 fully saturated rings. The molecule has 1 aromatic heterocycles. The zero-order valence-electron chi connectivity index (χ0n) is 8.64. The van der Waals surface area contributed by atoms with E-state index in [1.54, 1.807) is 0 Å². The van der Waals surface area contributed by atoms with E-state index in [0.29, 0.717) is 0 Å². The van der Waals surface area contributed by atoms with Crippen molar-refractivity contribution in [2.45, 2.75) is 20.3 Å². The maximum absolute atomic E-state index is 4.56. The minimum atomic E-state index is 1.05. The first kappa shape index (κ1) is 11.3. The average molecular weight is 376 g/mol. The van der Waals surface area contributed by atoms with Crippen LogP contribution < -0.4 is 0 Å². The van der Waals surface area contributed by atoms with Crippen LogP contribution in [0.25, 0.3) is 10.9 Å². The maximum atomic E-state index is 4.56. The third-order valence-corrected chi connectivity index (χ3v) is 4.74. The van der Waals surface area contributed by atoms with Gasteiger partial charge in [-0.15, -0.1) is 0 Å². The first-order valence-corrected chi connectivity index (χ1v) is 6.74. The summed E-state index contributed by atoms with van der Waals surface area (Å²) in [4.78, 5) is 4.56. The van der Waals surface area contributed by atoms with Gasteiger partial charge in [0.05, 0.1) is 5.52 Å². The largest absolute Gasteiger partial charge is 0.253 e. The van der Waals surface area contributed by atoms with Crippen LogP contribution in [0, 0.1) is 10.5 Å². The molecule has 2 rings (SSSR count). The van der Waals surface area contributed by atoms with E-state index in [9.17, 15) is 0 Å². The van der Waals surface area contributed by atoms with Gasteiger partial charge in [0.25, 0.3) is 0 Å². The van der Waals surface area contributed by atoms with E-state index in [0.717, 1.165) is 22.1 Å². The van der Waals surface area contributed by atoms with Crippen molar-refractivity contribution in [2.24, 2.45) is 0 Å².